The summed E-state index contributed by atoms with van der Waals surface area (Å²) in [5, 5.41) is 11.7. The largest absolute Gasteiger partial charge is 0.511 e. The predicted octanol–water partition coefficient (Wildman–Crippen LogP) is -0.127. The molecule has 1 aliphatic heterocycles. The Morgan fingerprint density at radius 3 is 2.55 bits per heavy atom. The minimum Gasteiger partial charge on any atom is -0.481 e. The summed E-state index contributed by atoms with van der Waals surface area (Å²) in [7, 11) is 1.20. The maximum absolute atomic E-state index is 10.8. The summed E-state index contributed by atoms with van der Waals surface area (Å²) < 4.78 is 14.1. The second kappa shape index (κ2) is 5.80. The van der Waals surface area contributed by atoms with Gasteiger partial charge >= 0.3 is 12.1 Å². The molecule has 1 fully saturated rings. The van der Waals surface area contributed by atoms with Gasteiger partial charge < -0.3 is 19.4 Å². The molecule has 1 aromatic rings. The summed E-state index contributed by atoms with van der Waals surface area (Å²) in [6.45, 7) is 2.60. The number of carbonyl (C=O) groups is 2. The molecular formula is C10H17N3O7. The van der Waals surface area contributed by atoms with Gasteiger partial charge in [-0.25, -0.2) is 4.79 Å². The van der Waals surface area contributed by atoms with Crippen LogP contribution in [0.1, 0.15) is 19.8 Å². The molecule has 0 aliphatic carbocycles. The lowest BCUT2D eigenvalue weighted by Gasteiger charge is -2.26. The summed E-state index contributed by atoms with van der Waals surface area (Å²) in [4.78, 5) is 28.1. The Morgan fingerprint density at radius 1 is 1.35 bits per heavy atom. The van der Waals surface area contributed by atoms with E-state index in [4.69, 9.17) is 19.3 Å². The first-order valence-electron chi connectivity index (χ1n) is 6.18. The van der Waals surface area contributed by atoms with Crippen LogP contribution in [-0.2, 0) is 14.3 Å². The normalized spacial score (nSPS) is 17.8. The average molecular weight is 291 g/mol. The number of nitrogens with zero attached hydrogens (tertiary/aromatic N) is 3. The first kappa shape index (κ1) is 14.2. The van der Waals surface area contributed by atoms with E-state index < -0.39 is 18.4 Å². The Balaban J connectivity index is 1.75. The minimum atomic E-state index is -0.871. The molecule has 0 aromatic carbocycles. The first-order chi connectivity index (χ1) is 9.51. The van der Waals surface area contributed by atoms with E-state index in [1.165, 1.54) is 19.0 Å². The molecule has 114 valence electrons. The number of hydrogen-bond donors (Lipinski definition) is 1. The third-order valence-corrected chi connectivity index (χ3v) is 2.99. The van der Waals surface area contributed by atoms with Crippen molar-refractivity contribution in [1.29, 1.82) is 0 Å². The van der Waals surface area contributed by atoms with Gasteiger partial charge in [0, 0.05) is 25.0 Å². The van der Waals surface area contributed by atoms with Crippen LogP contribution >= 0.6 is 0 Å². The molecule has 10 heteroatoms. The molecule has 0 radical (unpaired) electrons. The zero-order valence-corrected chi connectivity index (χ0v) is 11.2. The van der Waals surface area contributed by atoms with Crippen LogP contribution in [0, 0.1) is 5.92 Å². The molecule has 0 amide bonds. The topological polar surface area (TPSA) is 108 Å². The number of aromatic nitrogens is 2. The highest BCUT2D eigenvalue weighted by Crippen LogP contribution is 2.17. The van der Waals surface area contributed by atoms with Gasteiger partial charge in [-0.2, -0.15) is 4.63 Å². The zero-order valence-electron chi connectivity index (χ0n) is 11.2. The summed E-state index contributed by atoms with van der Waals surface area (Å²) in [6, 6.07) is 0. The van der Waals surface area contributed by atoms with Gasteiger partial charge in [0.15, 0.2) is 0 Å². The minimum absolute atomic E-state index is 0.317. The maximum atomic E-state index is 10.8. The van der Waals surface area contributed by atoms with Crippen LogP contribution < -0.4 is 9.85 Å². The van der Waals surface area contributed by atoms with Crippen molar-refractivity contribution in [2.75, 3.05) is 25.2 Å². The van der Waals surface area contributed by atoms with Crippen LogP contribution in [0.15, 0.2) is 4.63 Å². The van der Waals surface area contributed by atoms with Gasteiger partial charge in [0.25, 0.3) is 6.29 Å². The van der Waals surface area contributed by atoms with Gasteiger partial charge in [-0.15, -0.1) is 0 Å². The number of piperidine rings is 1. The smallest absolute Gasteiger partial charge is 0.481 e. The monoisotopic (exact) mass is 291 g/mol. The lowest BCUT2D eigenvalue weighted by atomic mass is 9.98. The molecule has 1 aliphatic rings. The highest BCUT2D eigenvalue weighted by Gasteiger charge is 2.30. The Morgan fingerprint density at radius 2 is 2.00 bits per heavy atom. The van der Waals surface area contributed by atoms with E-state index in [9.17, 15) is 9.59 Å². The SMILES string of the molecule is COC(=O)OC(C)On1on1N1CCC(C(=O)O)CC1. The highest BCUT2D eigenvalue weighted by atomic mass is 17.0. The second-order valence-corrected chi connectivity index (χ2v) is 4.38. The Kier molecular flexibility index (Phi) is 4.11. The summed E-state index contributed by atoms with van der Waals surface area (Å²) >= 11 is 0. The quantitative estimate of drug-likeness (QED) is 0.590. The Hall–Kier alpha value is -2.26. The van der Waals surface area contributed by atoms with E-state index in [1.54, 1.807) is 5.01 Å². The van der Waals surface area contributed by atoms with Gasteiger partial charge in [0.1, 0.15) is 5.02 Å². The van der Waals surface area contributed by atoms with Gasteiger partial charge in [-0.1, -0.05) is 0 Å². The molecule has 1 atom stereocenters. The Labute approximate surface area is 114 Å². The lowest BCUT2D eigenvalue weighted by Crippen LogP contribution is -2.42. The maximum Gasteiger partial charge on any atom is 0.511 e. The third kappa shape index (κ3) is 3.39. The van der Waals surface area contributed by atoms with Crippen LogP contribution in [0.4, 0.5) is 4.79 Å². The van der Waals surface area contributed by atoms with Crippen molar-refractivity contribution in [3.8, 4) is 0 Å². The number of carbonyl (C=O) groups excluding carboxylic acids is 1. The second-order valence-electron chi connectivity index (χ2n) is 4.38. The lowest BCUT2D eigenvalue weighted by molar-refractivity contribution is -0.142. The Bertz CT molecular complexity index is 454. The molecule has 2 rings (SSSR count). The van der Waals surface area contributed by atoms with Gasteiger partial charge in [-0.05, 0) is 12.8 Å². The fraction of sp³-hybridized carbons (Fsp3) is 0.800. The fourth-order valence-electron chi connectivity index (χ4n) is 1.88. The molecule has 2 heterocycles. The summed E-state index contributed by atoms with van der Waals surface area (Å²) in [5.74, 6) is -1.09. The van der Waals surface area contributed by atoms with Gasteiger partial charge in [-0.3, -0.25) is 9.80 Å². The van der Waals surface area contributed by atoms with Crippen molar-refractivity contribution in [3.63, 3.8) is 0 Å². The van der Waals surface area contributed by atoms with Crippen LogP contribution in [0.5, 0.6) is 0 Å². The number of aliphatic carboxylic acids is 1. The predicted molar refractivity (Wildman–Crippen MR) is 62.5 cm³/mol. The van der Waals surface area contributed by atoms with E-state index in [2.05, 4.69) is 4.74 Å². The summed E-state index contributed by atoms with van der Waals surface area (Å²) in [6.07, 6.45) is -0.647. The molecule has 0 spiro atoms. The van der Waals surface area contributed by atoms with E-state index in [-0.39, 0.29) is 5.92 Å². The molecule has 0 bridgehead atoms. The number of rotatable bonds is 5. The molecule has 20 heavy (non-hydrogen) atoms. The van der Waals surface area contributed by atoms with Crippen LogP contribution in [0.25, 0.3) is 0 Å². The van der Waals surface area contributed by atoms with E-state index in [0.29, 0.717) is 25.9 Å². The van der Waals surface area contributed by atoms with Crippen LogP contribution in [0.2, 0.25) is 0 Å². The van der Waals surface area contributed by atoms with Gasteiger partial charge in [0.05, 0.1) is 13.0 Å². The van der Waals surface area contributed by atoms with Crippen molar-refractivity contribution in [1.82, 2.24) is 9.98 Å². The average Bonchev–Trinajstić information content (AvgIpc) is 3.17. The molecule has 1 saturated heterocycles. The number of carboxylic acids is 1. The van der Waals surface area contributed by atoms with Crippen molar-refractivity contribution >= 4 is 12.1 Å². The number of hydrogen-bond acceptors (Lipinski definition) is 7. The molecule has 0 saturated carbocycles. The standard InChI is InChI=1S/C10H17N3O7/c1-7(18-10(16)17-2)19-13-12(20-13)11-5-3-8(4-6-11)9(14)15/h7-8H,3-6H2,1-2H3,(H,14,15). The zero-order chi connectivity index (χ0) is 14.7. The van der Waals surface area contributed by atoms with Crippen molar-refractivity contribution in [2.24, 2.45) is 5.92 Å². The first-order valence-corrected chi connectivity index (χ1v) is 6.18. The molecular weight excluding hydrogens is 274 g/mol. The van der Waals surface area contributed by atoms with Crippen molar-refractivity contribution < 1.29 is 33.6 Å². The molecule has 1 unspecified atom stereocenters. The summed E-state index contributed by atoms with van der Waals surface area (Å²) in [5.41, 5.74) is 0. The molecule has 10 nitrogen and oxygen atoms in total. The van der Waals surface area contributed by atoms with E-state index in [1.807, 2.05) is 0 Å². The van der Waals surface area contributed by atoms with Crippen molar-refractivity contribution in [2.45, 2.75) is 26.1 Å². The van der Waals surface area contributed by atoms with Crippen molar-refractivity contribution in [3.05, 3.63) is 0 Å². The highest BCUT2D eigenvalue weighted by molar-refractivity contribution is 5.70. The van der Waals surface area contributed by atoms with Crippen LogP contribution in [-0.4, -0.2) is 53.7 Å². The van der Waals surface area contributed by atoms with Gasteiger partial charge in [0.2, 0.25) is 0 Å². The number of ether oxygens (including phenoxy) is 2. The number of methoxy groups -OCH3 is 1. The van der Waals surface area contributed by atoms with E-state index >= 15 is 0 Å². The van der Waals surface area contributed by atoms with E-state index in [0.717, 1.165) is 5.02 Å². The fourth-order valence-corrected chi connectivity index (χ4v) is 1.88. The molecule has 1 N–H and O–H groups in total. The van der Waals surface area contributed by atoms with Crippen LogP contribution in [0.3, 0.4) is 0 Å². The molecule has 1 aromatic heterocycles. The third-order valence-electron chi connectivity index (χ3n) is 2.99. The number of carboxylic acid groups (broad SMARTS) is 1.